The number of alkyl halides is 3. The lowest BCUT2D eigenvalue weighted by Gasteiger charge is -2.12. The van der Waals surface area contributed by atoms with Gasteiger partial charge in [0.25, 0.3) is 0 Å². The van der Waals surface area contributed by atoms with E-state index in [0.717, 1.165) is 25.0 Å². The lowest BCUT2D eigenvalue weighted by atomic mass is 10.3. The molecule has 0 aliphatic heterocycles. The first-order chi connectivity index (χ1) is 10.3. The Morgan fingerprint density at radius 3 is 2.45 bits per heavy atom. The molecule has 1 aliphatic rings. The average Bonchev–Trinajstić information content (AvgIpc) is 3.21. The summed E-state index contributed by atoms with van der Waals surface area (Å²) >= 11 is 4.99. The summed E-state index contributed by atoms with van der Waals surface area (Å²) in [4.78, 5) is 11.4. The molecule has 22 heavy (non-hydrogen) atoms. The van der Waals surface area contributed by atoms with E-state index in [1.807, 2.05) is 0 Å². The molecule has 120 valence electrons. The Morgan fingerprint density at radius 2 is 1.91 bits per heavy atom. The minimum absolute atomic E-state index is 0.0393. The van der Waals surface area contributed by atoms with E-state index < -0.39 is 6.36 Å². The van der Waals surface area contributed by atoms with E-state index in [2.05, 4.69) is 20.7 Å². The summed E-state index contributed by atoms with van der Waals surface area (Å²) in [6.07, 6.45) is -2.72. The van der Waals surface area contributed by atoms with E-state index in [4.69, 9.17) is 12.2 Å². The highest BCUT2D eigenvalue weighted by molar-refractivity contribution is 7.80. The van der Waals surface area contributed by atoms with E-state index in [9.17, 15) is 18.0 Å². The Hall–Kier alpha value is -2.03. The molecule has 0 heterocycles. The van der Waals surface area contributed by atoms with Gasteiger partial charge in [-0.15, -0.1) is 13.2 Å². The molecule has 0 atom stereocenters. The Kier molecular flexibility index (Phi) is 5.07. The van der Waals surface area contributed by atoms with Crippen LogP contribution in [-0.4, -0.2) is 30.0 Å². The molecule has 1 aromatic rings. The smallest absolute Gasteiger partial charge is 0.406 e. The number of carbonyl (C=O) groups is 1. The molecule has 1 fully saturated rings. The fourth-order valence-electron chi connectivity index (χ4n) is 1.58. The number of benzene rings is 1. The Morgan fingerprint density at radius 1 is 1.27 bits per heavy atom. The summed E-state index contributed by atoms with van der Waals surface area (Å²) in [5.74, 6) is -0.471. The van der Waals surface area contributed by atoms with Crippen molar-refractivity contribution in [1.29, 1.82) is 0 Å². The molecule has 0 radical (unpaired) electrons. The SMILES string of the molecule is O=C(CNC(=S)Nc1ccc(OC(F)(F)F)cc1)NC1CC1. The number of thiocarbonyl (C=S) groups is 1. The third kappa shape index (κ3) is 6.17. The van der Waals surface area contributed by atoms with Gasteiger partial charge in [0.1, 0.15) is 5.75 Å². The van der Waals surface area contributed by atoms with Crippen molar-refractivity contribution in [2.45, 2.75) is 25.2 Å². The Balaban J connectivity index is 1.74. The lowest BCUT2D eigenvalue weighted by Crippen LogP contribution is -2.39. The van der Waals surface area contributed by atoms with Crippen molar-refractivity contribution in [2.24, 2.45) is 0 Å². The van der Waals surface area contributed by atoms with Crippen molar-refractivity contribution >= 4 is 28.9 Å². The highest BCUT2D eigenvalue weighted by atomic mass is 32.1. The third-order valence-electron chi connectivity index (χ3n) is 2.70. The Bertz CT molecular complexity index is 544. The molecule has 0 spiro atoms. The van der Waals surface area contributed by atoms with Crippen LogP contribution in [0.4, 0.5) is 18.9 Å². The molecule has 1 amide bonds. The summed E-state index contributed by atoms with van der Waals surface area (Å²) in [5, 5.41) is 8.47. The molecular weight excluding hydrogens is 319 g/mol. The first-order valence-corrected chi connectivity index (χ1v) is 6.93. The highest BCUT2D eigenvalue weighted by Gasteiger charge is 2.30. The molecule has 1 aliphatic carbocycles. The summed E-state index contributed by atoms with van der Waals surface area (Å²) in [6, 6.07) is 5.38. The summed E-state index contributed by atoms with van der Waals surface area (Å²) in [7, 11) is 0. The predicted octanol–water partition coefficient (Wildman–Crippen LogP) is 2.15. The van der Waals surface area contributed by atoms with E-state index >= 15 is 0 Å². The van der Waals surface area contributed by atoms with Crippen molar-refractivity contribution in [3.63, 3.8) is 0 Å². The normalized spacial score (nSPS) is 14.1. The van der Waals surface area contributed by atoms with Crippen LogP contribution in [0.2, 0.25) is 0 Å². The lowest BCUT2D eigenvalue weighted by molar-refractivity contribution is -0.274. The van der Waals surface area contributed by atoms with Crippen molar-refractivity contribution in [3.8, 4) is 5.75 Å². The maximum atomic E-state index is 12.0. The van der Waals surface area contributed by atoms with Crippen LogP contribution in [-0.2, 0) is 4.79 Å². The van der Waals surface area contributed by atoms with Crippen molar-refractivity contribution in [3.05, 3.63) is 24.3 Å². The predicted molar refractivity (Wildman–Crippen MR) is 78.5 cm³/mol. The van der Waals surface area contributed by atoms with Crippen molar-refractivity contribution in [1.82, 2.24) is 10.6 Å². The van der Waals surface area contributed by atoms with Gasteiger partial charge < -0.3 is 20.7 Å². The Labute approximate surface area is 130 Å². The van der Waals surface area contributed by atoms with Gasteiger partial charge in [-0.25, -0.2) is 0 Å². The maximum absolute atomic E-state index is 12.0. The second kappa shape index (κ2) is 6.82. The van der Waals surface area contributed by atoms with Gasteiger partial charge in [0, 0.05) is 11.7 Å². The molecule has 1 saturated carbocycles. The zero-order chi connectivity index (χ0) is 16.2. The molecule has 0 aromatic heterocycles. The number of carbonyl (C=O) groups excluding carboxylic acids is 1. The minimum atomic E-state index is -4.72. The molecule has 3 N–H and O–H groups in total. The van der Waals surface area contributed by atoms with Crippen LogP contribution in [0.1, 0.15) is 12.8 Å². The van der Waals surface area contributed by atoms with E-state index in [-0.39, 0.29) is 29.4 Å². The number of nitrogens with one attached hydrogen (secondary N) is 3. The third-order valence-corrected chi connectivity index (χ3v) is 2.94. The van der Waals surface area contributed by atoms with E-state index in [0.29, 0.717) is 5.69 Å². The topological polar surface area (TPSA) is 62.4 Å². The van der Waals surface area contributed by atoms with Crippen LogP contribution in [0.5, 0.6) is 5.75 Å². The van der Waals surface area contributed by atoms with Gasteiger partial charge in [-0.2, -0.15) is 0 Å². The second-order valence-electron chi connectivity index (χ2n) is 4.72. The molecule has 5 nitrogen and oxygen atoms in total. The molecule has 1 aromatic carbocycles. The molecule has 0 bridgehead atoms. The number of ether oxygens (including phenoxy) is 1. The summed E-state index contributed by atoms with van der Waals surface area (Å²) in [5.41, 5.74) is 0.481. The number of amides is 1. The van der Waals surface area contributed by atoms with Crippen LogP contribution >= 0.6 is 12.2 Å². The standard InChI is InChI=1S/C13H14F3N3O2S/c14-13(15,16)21-10-5-3-9(4-6-10)19-12(22)17-7-11(20)18-8-1-2-8/h3-6,8H,1-2,7H2,(H,18,20)(H2,17,19,22). The van der Waals surface area contributed by atoms with Gasteiger partial charge in [-0.05, 0) is 49.3 Å². The van der Waals surface area contributed by atoms with Gasteiger partial charge in [0.15, 0.2) is 5.11 Å². The molecule has 0 unspecified atom stereocenters. The van der Waals surface area contributed by atoms with Gasteiger partial charge >= 0.3 is 6.36 Å². The van der Waals surface area contributed by atoms with Crippen molar-refractivity contribution in [2.75, 3.05) is 11.9 Å². The number of hydrogen-bond acceptors (Lipinski definition) is 3. The van der Waals surface area contributed by atoms with Gasteiger partial charge in [0.2, 0.25) is 5.91 Å². The zero-order valence-corrected chi connectivity index (χ0v) is 12.2. The van der Waals surface area contributed by atoms with E-state index in [1.165, 1.54) is 12.1 Å². The summed E-state index contributed by atoms with van der Waals surface area (Å²) in [6.45, 7) is 0.0393. The fraction of sp³-hybridized carbons (Fsp3) is 0.385. The minimum Gasteiger partial charge on any atom is -0.406 e. The number of rotatable bonds is 5. The second-order valence-corrected chi connectivity index (χ2v) is 5.13. The summed E-state index contributed by atoms with van der Waals surface area (Å²) < 4.78 is 39.8. The van der Waals surface area contributed by atoms with E-state index in [1.54, 1.807) is 0 Å². The molecule has 0 saturated heterocycles. The van der Waals surface area contributed by atoms with Crippen molar-refractivity contribution < 1.29 is 22.7 Å². The average molecular weight is 333 g/mol. The monoisotopic (exact) mass is 333 g/mol. The molecular formula is C13H14F3N3O2S. The van der Waals surface area contributed by atoms with Crippen LogP contribution in [0.25, 0.3) is 0 Å². The van der Waals surface area contributed by atoms with Gasteiger partial charge in [-0.1, -0.05) is 0 Å². The van der Waals surface area contributed by atoms with Gasteiger partial charge in [0.05, 0.1) is 6.54 Å². The first kappa shape index (κ1) is 16.3. The largest absolute Gasteiger partial charge is 0.573 e. The van der Waals surface area contributed by atoms with Crippen LogP contribution < -0.4 is 20.7 Å². The zero-order valence-electron chi connectivity index (χ0n) is 11.4. The van der Waals surface area contributed by atoms with Crippen LogP contribution in [0.3, 0.4) is 0 Å². The fourth-order valence-corrected chi connectivity index (χ4v) is 1.77. The first-order valence-electron chi connectivity index (χ1n) is 6.52. The van der Waals surface area contributed by atoms with Crippen LogP contribution in [0.15, 0.2) is 24.3 Å². The number of halogens is 3. The number of anilines is 1. The van der Waals surface area contributed by atoms with Gasteiger partial charge in [-0.3, -0.25) is 4.79 Å². The molecule has 2 rings (SSSR count). The highest BCUT2D eigenvalue weighted by Crippen LogP contribution is 2.23. The quantitative estimate of drug-likeness (QED) is 0.721. The molecule has 9 heteroatoms. The van der Waals surface area contributed by atoms with Crippen LogP contribution in [0, 0.1) is 0 Å². The maximum Gasteiger partial charge on any atom is 0.573 e. The number of hydrogen-bond donors (Lipinski definition) is 3.